The molecule has 0 aliphatic rings. The third-order valence-electron chi connectivity index (χ3n) is 1.94. The number of halogens is 4. The van der Waals surface area contributed by atoms with E-state index in [2.05, 4.69) is 4.74 Å². The Balaban J connectivity index is 3.43. The zero-order chi connectivity index (χ0) is 13.9. The highest BCUT2D eigenvalue weighted by molar-refractivity contribution is 5.85. The summed E-state index contributed by atoms with van der Waals surface area (Å²) in [6.07, 6.45) is 0.787. The van der Waals surface area contributed by atoms with Gasteiger partial charge in [0.05, 0.1) is 12.2 Å². The molecular weight excluding hydrogens is 256 g/mol. The summed E-state index contributed by atoms with van der Waals surface area (Å²) in [5.41, 5.74) is -1.11. The van der Waals surface area contributed by atoms with Crippen molar-refractivity contribution in [1.29, 1.82) is 0 Å². The summed E-state index contributed by atoms with van der Waals surface area (Å²) in [5, 5.41) is 8.29. The van der Waals surface area contributed by atoms with Crippen molar-refractivity contribution in [3.05, 3.63) is 34.9 Å². The number of ether oxygens (including phenoxy) is 1. The Hall–Kier alpha value is -2.05. The summed E-state index contributed by atoms with van der Waals surface area (Å²) < 4.78 is 57.8. The first-order chi connectivity index (χ1) is 8.40. The van der Waals surface area contributed by atoms with Gasteiger partial charge in [0.1, 0.15) is 0 Å². The van der Waals surface area contributed by atoms with E-state index in [4.69, 9.17) is 5.11 Å². The van der Waals surface area contributed by atoms with E-state index >= 15 is 0 Å². The maximum absolute atomic E-state index is 13.4. The Morgan fingerprint density at radius 1 is 1.17 bits per heavy atom. The van der Waals surface area contributed by atoms with Crippen molar-refractivity contribution in [2.75, 3.05) is 6.61 Å². The fraction of sp³-hybridized carbons (Fsp3) is 0.182. The van der Waals surface area contributed by atoms with Gasteiger partial charge < -0.3 is 9.84 Å². The summed E-state index contributed by atoms with van der Waals surface area (Å²) in [6.45, 7) is 1.20. The van der Waals surface area contributed by atoms with Crippen LogP contribution in [-0.4, -0.2) is 17.7 Å². The smallest absolute Gasteiger partial charge is 0.328 e. The normalized spacial score (nSPS) is 10.9. The van der Waals surface area contributed by atoms with Gasteiger partial charge in [0.15, 0.2) is 17.4 Å². The van der Waals surface area contributed by atoms with E-state index < -0.39 is 40.6 Å². The molecule has 0 saturated carbocycles. The minimum Gasteiger partial charge on any atom is -0.488 e. The SMILES string of the molecule is CCOc1c(F)c(F)c(C=CC(=O)O)c(F)c1F. The van der Waals surface area contributed by atoms with Crippen LogP contribution in [0, 0.1) is 23.3 Å². The maximum atomic E-state index is 13.4. The highest BCUT2D eigenvalue weighted by atomic mass is 19.2. The molecule has 1 N–H and O–H groups in total. The van der Waals surface area contributed by atoms with Gasteiger partial charge in [0, 0.05) is 6.08 Å². The second kappa shape index (κ2) is 5.52. The Morgan fingerprint density at radius 2 is 1.67 bits per heavy atom. The maximum Gasteiger partial charge on any atom is 0.328 e. The van der Waals surface area contributed by atoms with Crippen LogP contribution in [0.1, 0.15) is 12.5 Å². The summed E-state index contributed by atoms with van der Waals surface area (Å²) in [6, 6.07) is 0. The van der Waals surface area contributed by atoms with E-state index in [1.165, 1.54) is 6.92 Å². The summed E-state index contributed by atoms with van der Waals surface area (Å²) in [7, 11) is 0. The summed E-state index contributed by atoms with van der Waals surface area (Å²) in [4.78, 5) is 10.2. The van der Waals surface area contributed by atoms with Crippen LogP contribution in [0.5, 0.6) is 5.75 Å². The summed E-state index contributed by atoms with van der Waals surface area (Å²) >= 11 is 0. The lowest BCUT2D eigenvalue weighted by atomic mass is 10.1. The minimum absolute atomic E-state index is 0.184. The number of carboxylic acid groups (broad SMARTS) is 1. The van der Waals surface area contributed by atoms with Crippen molar-refractivity contribution in [2.24, 2.45) is 0 Å². The number of benzene rings is 1. The Labute approximate surface area is 99.3 Å². The molecule has 1 aromatic rings. The van der Waals surface area contributed by atoms with Crippen molar-refractivity contribution in [3.8, 4) is 5.75 Å². The van der Waals surface area contributed by atoms with Crippen molar-refractivity contribution in [1.82, 2.24) is 0 Å². The van der Waals surface area contributed by atoms with E-state index in [0.29, 0.717) is 12.2 Å². The largest absolute Gasteiger partial charge is 0.488 e. The van der Waals surface area contributed by atoms with Crippen molar-refractivity contribution in [3.63, 3.8) is 0 Å². The first kappa shape index (κ1) is 14.0. The van der Waals surface area contributed by atoms with Gasteiger partial charge >= 0.3 is 5.97 Å². The molecule has 0 aliphatic carbocycles. The monoisotopic (exact) mass is 264 g/mol. The molecule has 18 heavy (non-hydrogen) atoms. The molecule has 0 aliphatic heterocycles. The highest BCUT2D eigenvalue weighted by Crippen LogP contribution is 2.30. The second-order valence-electron chi connectivity index (χ2n) is 3.10. The number of carboxylic acids is 1. The van der Waals surface area contributed by atoms with Crippen LogP contribution >= 0.6 is 0 Å². The average molecular weight is 264 g/mol. The fourth-order valence-corrected chi connectivity index (χ4v) is 1.20. The molecule has 3 nitrogen and oxygen atoms in total. The van der Waals surface area contributed by atoms with Crippen LogP contribution in [0.3, 0.4) is 0 Å². The van der Waals surface area contributed by atoms with Crippen molar-refractivity contribution >= 4 is 12.0 Å². The van der Waals surface area contributed by atoms with Crippen LogP contribution in [-0.2, 0) is 4.79 Å². The van der Waals surface area contributed by atoms with Gasteiger partial charge in [0.25, 0.3) is 0 Å². The number of hydrogen-bond donors (Lipinski definition) is 1. The standard InChI is InChI=1S/C11H8F4O3/c1-2-18-11-9(14)7(12)5(3-4-6(16)17)8(13)10(11)15/h3-4H,2H2,1H3,(H,16,17). The molecule has 0 atom stereocenters. The molecule has 1 aromatic carbocycles. The van der Waals surface area contributed by atoms with Crippen molar-refractivity contribution in [2.45, 2.75) is 6.92 Å². The van der Waals surface area contributed by atoms with Crippen molar-refractivity contribution < 1.29 is 32.2 Å². The fourth-order valence-electron chi connectivity index (χ4n) is 1.20. The Bertz CT molecular complexity index is 482. The van der Waals surface area contributed by atoms with Gasteiger partial charge in [-0.3, -0.25) is 0 Å². The molecule has 0 fully saturated rings. The van der Waals surface area contributed by atoms with E-state index in [1.54, 1.807) is 0 Å². The molecule has 0 bridgehead atoms. The molecule has 7 heteroatoms. The zero-order valence-corrected chi connectivity index (χ0v) is 9.14. The molecule has 0 heterocycles. The number of aliphatic carboxylic acids is 1. The van der Waals surface area contributed by atoms with Gasteiger partial charge in [-0.2, -0.15) is 8.78 Å². The van der Waals surface area contributed by atoms with Gasteiger partial charge in [-0.15, -0.1) is 0 Å². The average Bonchev–Trinajstić information content (AvgIpc) is 2.32. The second-order valence-corrected chi connectivity index (χ2v) is 3.10. The number of rotatable bonds is 4. The lowest BCUT2D eigenvalue weighted by Crippen LogP contribution is -2.06. The Kier molecular flexibility index (Phi) is 4.30. The molecular formula is C11H8F4O3. The topological polar surface area (TPSA) is 46.5 Å². The molecule has 0 unspecified atom stereocenters. The lowest BCUT2D eigenvalue weighted by Gasteiger charge is -2.09. The van der Waals surface area contributed by atoms with Gasteiger partial charge in [0.2, 0.25) is 11.6 Å². The third-order valence-corrected chi connectivity index (χ3v) is 1.94. The first-order valence-electron chi connectivity index (χ1n) is 4.79. The molecule has 1 rings (SSSR count). The van der Waals surface area contributed by atoms with Crippen LogP contribution < -0.4 is 4.74 Å². The Morgan fingerprint density at radius 3 is 2.06 bits per heavy atom. The third kappa shape index (κ3) is 2.61. The lowest BCUT2D eigenvalue weighted by molar-refractivity contribution is -0.131. The molecule has 0 radical (unpaired) electrons. The van der Waals surface area contributed by atoms with Gasteiger partial charge in [-0.05, 0) is 13.0 Å². The van der Waals surface area contributed by atoms with E-state index in [0.717, 1.165) is 0 Å². The van der Waals surface area contributed by atoms with E-state index in [-0.39, 0.29) is 6.61 Å². The van der Waals surface area contributed by atoms with E-state index in [1.807, 2.05) is 0 Å². The minimum atomic E-state index is -1.71. The number of hydrogen-bond acceptors (Lipinski definition) is 2. The molecule has 0 aromatic heterocycles. The van der Waals surface area contributed by atoms with E-state index in [9.17, 15) is 22.4 Å². The zero-order valence-electron chi connectivity index (χ0n) is 9.14. The predicted octanol–water partition coefficient (Wildman–Crippen LogP) is 2.74. The van der Waals surface area contributed by atoms with Gasteiger partial charge in [-0.1, -0.05) is 0 Å². The van der Waals surface area contributed by atoms with Crippen LogP contribution in [0.2, 0.25) is 0 Å². The first-order valence-corrected chi connectivity index (χ1v) is 4.79. The molecule has 0 spiro atoms. The highest BCUT2D eigenvalue weighted by Gasteiger charge is 2.25. The van der Waals surface area contributed by atoms with Crippen LogP contribution in [0.4, 0.5) is 17.6 Å². The van der Waals surface area contributed by atoms with Crippen LogP contribution in [0.15, 0.2) is 6.08 Å². The molecule has 0 amide bonds. The predicted molar refractivity (Wildman–Crippen MR) is 54.1 cm³/mol. The number of carbonyl (C=O) groups is 1. The molecule has 98 valence electrons. The summed E-state index contributed by atoms with van der Waals surface area (Å²) in [5.74, 6) is -9.52. The quantitative estimate of drug-likeness (QED) is 0.516. The molecule has 0 saturated heterocycles. The van der Waals surface area contributed by atoms with Crippen LogP contribution in [0.25, 0.3) is 6.08 Å². The van der Waals surface area contributed by atoms with Gasteiger partial charge in [-0.25, -0.2) is 13.6 Å².